The van der Waals surface area contributed by atoms with Gasteiger partial charge in [0.1, 0.15) is 22.8 Å². The molecular weight excluding hydrogens is 455 g/mol. The van der Waals surface area contributed by atoms with Crippen LogP contribution in [0.25, 0.3) is 0 Å². The first-order valence-corrected chi connectivity index (χ1v) is 10.9. The highest BCUT2D eigenvalue weighted by Gasteiger charge is 2.49. The van der Waals surface area contributed by atoms with Gasteiger partial charge in [-0.25, -0.2) is 14.2 Å². The lowest BCUT2D eigenvalue weighted by molar-refractivity contribution is -0.133. The summed E-state index contributed by atoms with van der Waals surface area (Å²) >= 11 is 0. The van der Waals surface area contributed by atoms with Crippen LogP contribution in [0, 0.1) is 5.82 Å². The van der Waals surface area contributed by atoms with Gasteiger partial charge in [-0.05, 0) is 19.1 Å². The van der Waals surface area contributed by atoms with E-state index >= 15 is 0 Å². The Labute approximate surface area is 201 Å². The first kappa shape index (κ1) is 23.9. The van der Waals surface area contributed by atoms with Crippen LogP contribution in [0.1, 0.15) is 39.0 Å². The van der Waals surface area contributed by atoms with E-state index in [9.17, 15) is 18.8 Å². The Kier molecular flexibility index (Phi) is 6.54. The third-order valence-electron chi connectivity index (χ3n) is 6.15. The Hall–Kier alpha value is -4.21. The van der Waals surface area contributed by atoms with Gasteiger partial charge in [0, 0.05) is 17.7 Å². The second-order valence-electron chi connectivity index (χ2n) is 8.31. The Balaban J connectivity index is 1.71. The Morgan fingerprint density at radius 3 is 2.49 bits per heavy atom. The van der Waals surface area contributed by atoms with E-state index in [2.05, 4.69) is 10.3 Å². The van der Waals surface area contributed by atoms with Crippen LogP contribution in [0.3, 0.4) is 0 Å². The number of esters is 1. The Morgan fingerprint density at radius 1 is 1.11 bits per heavy atom. The van der Waals surface area contributed by atoms with Gasteiger partial charge < -0.3 is 24.3 Å². The summed E-state index contributed by atoms with van der Waals surface area (Å²) < 4.78 is 26.1. The van der Waals surface area contributed by atoms with E-state index in [0.717, 1.165) is 5.56 Å². The minimum Gasteiger partial charge on any atom is -0.496 e. The average Bonchev–Trinajstić information content (AvgIpc) is 3.29. The minimum atomic E-state index is -1.41. The van der Waals surface area contributed by atoms with E-state index in [1.165, 1.54) is 36.1 Å². The van der Waals surface area contributed by atoms with Gasteiger partial charge in [-0.15, -0.1) is 0 Å². The maximum Gasteiger partial charge on any atom is 0.359 e. The van der Waals surface area contributed by atoms with Crippen LogP contribution in [-0.4, -0.2) is 52.0 Å². The van der Waals surface area contributed by atoms with Gasteiger partial charge in [-0.1, -0.05) is 36.4 Å². The molecule has 182 valence electrons. The molecule has 1 atom stereocenters. The number of carbonyl (C=O) groups excluding carboxylic acids is 3. The fraction of sp³-hybridized carbons (Fsp3) is 0.280. The van der Waals surface area contributed by atoms with Crippen LogP contribution in [0.5, 0.6) is 5.75 Å². The van der Waals surface area contributed by atoms with Gasteiger partial charge >= 0.3 is 5.97 Å². The van der Waals surface area contributed by atoms with Crippen LogP contribution in [0.15, 0.2) is 54.9 Å². The van der Waals surface area contributed by atoms with E-state index in [-0.39, 0.29) is 36.6 Å². The number of nitrogens with zero attached hydrogens (tertiary/aromatic N) is 3. The summed E-state index contributed by atoms with van der Waals surface area (Å²) in [6, 6.07) is 13.3. The number of benzene rings is 2. The van der Waals surface area contributed by atoms with Crippen molar-refractivity contribution in [2.75, 3.05) is 14.2 Å². The largest absolute Gasteiger partial charge is 0.496 e. The number of aromatic nitrogens is 2. The van der Waals surface area contributed by atoms with E-state index in [4.69, 9.17) is 9.47 Å². The molecule has 0 radical (unpaired) electrons. The molecule has 0 unspecified atom stereocenters. The lowest BCUT2D eigenvalue weighted by atomic mass is 9.93. The summed E-state index contributed by atoms with van der Waals surface area (Å²) in [4.78, 5) is 44.7. The SMILES string of the molecule is COC(=O)c1ncn2c1C(=O)N(Cc1ccccc1F)[C@@](C)(C(=O)NCc1ccccc1OC)C2. The van der Waals surface area contributed by atoms with Gasteiger partial charge in [0.2, 0.25) is 5.91 Å². The average molecular weight is 480 g/mol. The number of imidazole rings is 1. The number of carbonyl (C=O) groups is 3. The van der Waals surface area contributed by atoms with Crippen molar-refractivity contribution in [2.24, 2.45) is 0 Å². The molecule has 0 bridgehead atoms. The Morgan fingerprint density at radius 2 is 1.80 bits per heavy atom. The lowest BCUT2D eigenvalue weighted by Gasteiger charge is -2.43. The van der Waals surface area contributed by atoms with E-state index in [1.807, 2.05) is 18.2 Å². The molecule has 0 saturated carbocycles. The van der Waals surface area contributed by atoms with Gasteiger partial charge in [0.25, 0.3) is 5.91 Å². The summed E-state index contributed by atoms with van der Waals surface area (Å²) in [6.45, 7) is 1.58. The van der Waals surface area contributed by atoms with Crippen LogP contribution in [0.2, 0.25) is 0 Å². The van der Waals surface area contributed by atoms with Crippen molar-refractivity contribution in [3.63, 3.8) is 0 Å². The first-order valence-electron chi connectivity index (χ1n) is 10.9. The molecule has 2 heterocycles. The lowest BCUT2D eigenvalue weighted by Crippen LogP contribution is -2.63. The van der Waals surface area contributed by atoms with Crippen LogP contribution in [-0.2, 0) is 29.2 Å². The van der Waals surface area contributed by atoms with Gasteiger partial charge in [0.05, 0.1) is 33.6 Å². The summed E-state index contributed by atoms with van der Waals surface area (Å²) in [6.07, 6.45) is 1.33. The maximum absolute atomic E-state index is 14.5. The zero-order valence-electron chi connectivity index (χ0n) is 19.6. The second-order valence-corrected chi connectivity index (χ2v) is 8.31. The summed E-state index contributed by atoms with van der Waals surface area (Å²) in [5, 5.41) is 2.87. The zero-order valence-corrected chi connectivity index (χ0v) is 19.6. The molecule has 0 fully saturated rings. The quantitative estimate of drug-likeness (QED) is 0.522. The van der Waals surface area contributed by atoms with E-state index < -0.39 is 29.1 Å². The van der Waals surface area contributed by atoms with Crippen molar-refractivity contribution in [1.82, 2.24) is 19.8 Å². The van der Waals surface area contributed by atoms with Crippen molar-refractivity contribution >= 4 is 17.8 Å². The highest BCUT2D eigenvalue weighted by atomic mass is 19.1. The molecule has 2 aromatic carbocycles. The highest BCUT2D eigenvalue weighted by Crippen LogP contribution is 2.31. The number of methoxy groups -OCH3 is 2. The molecule has 0 saturated heterocycles. The van der Waals surface area contributed by atoms with E-state index in [1.54, 1.807) is 31.2 Å². The topological polar surface area (TPSA) is 103 Å². The third kappa shape index (κ3) is 4.34. The zero-order chi connectivity index (χ0) is 25.2. The van der Waals surface area contributed by atoms with Crippen LogP contribution >= 0.6 is 0 Å². The molecule has 1 aliphatic heterocycles. The standard InChI is InChI=1S/C25H25FN4O5/c1-25(24(33)27-12-16-8-5-7-11-19(16)34-2)14-29-15-28-20(23(32)35-3)21(29)22(31)30(25)13-17-9-4-6-10-18(17)26/h4-11,15H,12-14H2,1-3H3,(H,27,33)/t25-/m1/s1. The van der Waals surface area contributed by atoms with Crippen LogP contribution in [0.4, 0.5) is 4.39 Å². The molecule has 10 heteroatoms. The fourth-order valence-electron chi connectivity index (χ4n) is 4.19. The number of nitrogens with one attached hydrogen (secondary N) is 1. The predicted molar refractivity (Wildman–Crippen MR) is 123 cm³/mol. The number of halogens is 1. The molecule has 2 amide bonds. The fourth-order valence-corrected chi connectivity index (χ4v) is 4.19. The molecule has 9 nitrogen and oxygen atoms in total. The Bertz CT molecular complexity index is 1290. The highest BCUT2D eigenvalue weighted by molar-refractivity contribution is 6.06. The van der Waals surface area contributed by atoms with Crippen molar-refractivity contribution in [1.29, 1.82) is 0 Å². The summed E-state index contributed by atoms with van der Waals surface area (Å²) in [5.41, 5.74) is -0.596. The second kappa shape index (κ2) is 9.57. The first-order chi connectivity index (χ1) is 16.8. The van der Waals surface area contributed by atoms with Crippen molar-refractivity contribution in [2.45, 2.75) is 32.1 Å². The molecule has 0 aliphatic carbocycles. The summed E-state index contributed by atoms with van der Waals surface area (Å²) in [5.74, 6) is -1.76. The molecule has 4 rings (SSSR count). The number of hydrogen-bond acceptors (Lipinski definition) is 6. The van der Waals surface area contributed by atoms with Crippen LogP contribution < -0.4 is 10.1 Å². The molecule has 1 aromatic heterocycles. The molecule has 0 spiro atoms. The summed E-state index contributed by atoms with van der Waals surface area (Å²) in [7, 11) is 2.73. The third-order valence-corrected chi connectivity index (χ3v) is 6.15. The monoisotopic (exact) mass is 480 g/mol. The molecule has 3 aromatic rings. The van der Waals surface area contributed by atoms with Gasteiger partial charge in [0.15, 0.2) is 5.69 Å². The molecule has 1 aliphatic rings. The van der Waals surface area contributed by atoms with Crippen molar-refractivity contribution in [3.05, 3.63) is 83.2 Å². The van der Waals surface area contributed by atoms with Crippen molar-refractivity contribution < 1.29 is 28.2 Å². The molecule has 1 N–H and O–H groups in total. The van der Waals surface area contributed by atoms with Crippen molar-refractivity contribution in [3.8, 4) is 5.75 Å². The number of amides is 2. The van der Waals surface area contributed by atoms with Gasteiger partial charge in [-0.2, -0.15) is 0 Å². The number of hydrogen-bond donors (Lipinski definition) is 1. The van der Waals surface area contributed by atoms with Gasteiger partial charge in [-0.3, -0.25) is 9.59 Å². The predicted octanol–water partition coefficient (Wildman–Crippen LogP) is 2.55. The normalized spacial score (nSPS) is 17.0. The van der Waals surface area contributed by atoms with E-state index in [0.29, 0.717) is 5.75 Å². The molecule has 35 heavy (non-hydrogen) atoms. The number of fused-ring (bicyclic) bond motifs is 1. The smallest absolute Gasteiger partial charge is 0.359 e. The number of para-hydroxylation sites is 1. The maximum atomic E-state index is 14.5. The number of rotatable bonds is 7. The minimum absolute atomic E-state index is 0.00424. The number of ether oxygens (including phenoxy) is 2. The molecular formula is C25H25FN4O5.